The van der Waals surface area contributed by atoms with Crippen LogP contribution in [0.3, 0.4) is 0 Å². The molecule has 1 aromatic heterocycles. The van der Waals surface area contributed by atoms with E-state index in [2.05, 4.69) is 0 Å². The normalized spacial score (nSPS) is 15.4. The molecule has 1 aromatic rings. The third-order valence-corrected chi connectivity index (χ3v) is 4.10. The Morgan fingerprint density at radius 1 is 1.53 bits per heavy atom. The summed E-state index contributed by atoms with van der Waals surface area (Å²) in [6.07, 6.45) is 3.20. The topological polar surface area (TPSA) is 63.6 Å². The van der Waals surface area contributed by atoms with Crippen LogP contribution in [-0.4, -0.2) is 23.7 Å². The second-order valence-corrected chi connectivity index (χ2v) is 5.10. The number of carbonyl (C=O) groups excluding carboxylic acids is 1. The van der Waals surface area contributed by atoms with Gasteiger partial charge in [-0.15, -0.1) is 11.3 Å². The van der Waals surface area contributed by atoms with Gasteiger partial charge in [-0.1, -0.05) is 6.42 Å². The molecule has 0 bridgehead atoms. The Labute approximate surface area is 103 Å². The van der Waals surface area contributed by atoms with Gasteiger partial charge in [-0.05, 0) is 37.3 Å². The maximum absolute atomic E-state index is 11.7. The van der Waals surface area contributed by atoms with Crippen LogP contribution < -0.4 is 0 Å². The number of rotatable bonds is 4. The molecule has 0 atom stereocenters. The van der Waals surface area contributed by atoms with Gasteiger partial charge in [0.15, 0.2) is 0 Å². The van der Waals surface area contributed by atoms with Gasteiger partial charge in [-0.2, -0.15) is 0 Å². The molecule has 0 aromatic carbocycles. The van der Waals surface area contributed by atoms with Crippen LogP contribution in [0.4, 0.5) is 0 Å². The number of hydrogen-bond donors (Lipinski definition) is 1. The van der Waals surface area contributed by atoms with E-state index in [1.54, 1.807) is 13.0 Å². The number of hydrogen-bond acceptors (Lipinski definition) is 4. The average Bonchev–Trinajstić information content (AvgIpc) is 2.60. The number of aromatic carboxylic acids is 1. The van der Waals surface area contributed by atoms with Crippen molar-refractivity contribution in [2.75, 3.05) is 6.61 Å². The predicted molar refractivity (Wildman–Crippen MR) is 63.8 cm³/mol. The zero-order valence-electron chi connectivity index (χ0n) is 9.56. The van der Waals surface area contributed by atoms with Crippen LogP contribution in [0, 0.1) is 0 Å². The van der Waals surface area contributed by atoms with E-state index in [9.17, 15) is 9.59 Å². The lowest BCUT2D eigenvalue weighted by molar-refractivity contribution is 0.0529. The number of ether oxygens (including phenoxy) is 1. The first-order valence-electron chi connectivity index (χ1n) is 5.67. The molecule has 2 rings (SSSR count). The highest BCUT2D eigenvalue weighted by Gasteiger charge is 2.29. The molecule has 1 saturated carbocycles. The molecule has 4 nitrogen and oxygen atoms in total. The number of carboxylic acid groups (broad SMARTS) is 1. The Morgan fingerprint density at radius 3 is 2.71 bits per heavy atom. The second-order valence-electron chi connectivity index (χ2n) is 4.05. The Hall–Kier alpha value is -1.36. The summed E-state index contributed by atoms with van der Waals surface area (Å²) < 4.78 is 4.96. The summed E-state index contributed by atoms with van der Waals surface area (Å²) in [6, 6.07) is 1.63. The highest BCUT2D eigenvalue weighted by Crippen LogP contribution is 2.41. The number of thiophene rings is 1. The molecule has 0 saturated heterocycles. The molecule has 1 aliphatic carbocycles. The molecule has 1 aliphatic rings. The summed E-state index contributed by atoms with van der Waals surface area (Å²) in [7, 11) is 0. The van der Waals surface area contributed by atoms with Gasteiger partial charge in [-0.25, -0.2) is 9.59 Å². The first kappa shape index (κ1) is 12.1. The Bertz CT molecular complexity index is 445. The van der Waals surface area contributed by atoms with Crippen LogP contribution in [0.1, 0.15) is 57.0 Å². The molecule has 0 radical (unpaired) electrons. The van der Waals surface area contributed by atoms with Crippen molar-refractivity contribution in [3.63, 3.8) is 0 Å². The highest BCUT2D eigenvalue weighted by molar-refractivity contribution is 7.16. The Balaban J connectivity index is 2.33. The molecule has 5 heteroatoms. The van der Waals surface area contributed by atoms with Crippen molar-refractivity contribution in [1.29, 1.82) is 0 Å². The smallest absolute Gasteiger partial charge is 0.348 e. The summed E-state index contributed by atoms with van der Waals surface area (Å²) in [5, 5.41) is 8.97. The van der Waals surface area contributed by atoms with Crippen molar-refractivity contribution in [1.82, 2.24) is 0 Å². The number of carboxylic acids is 1. The maximum Gasteiger partial charge on any atom is 0.348 e. The highest BCUT2D eigenvalue weighted by atomic mass is 32.1. The zero-order valence-corrected chi connectivity index (χ0v) is 10.4. The Morgan fingerprint density at radius 2 is 2.24 bits per heavy atom. The molecule has 92 valence electrons. The summed E-state index contributed by atoms with van der Waals surface area (Å²) in [4.78, 5) is 23.4. The van der Waals surface area contributed by atoms with Crippen LogP contribution in [0.2, 0.25) is 0 Å². The van der Waals surface area contributed by atoms with E-state index < -0.39 is 11.9 Å². The molecule has 1 N–H and O–H groups in total. The van der Waals surface area contributed by atoms with E-state index in [0.717, 1.165) is 36.2 Å². The summed E-state index contributed by atoms with van der Waals surface area (Å²) in [5.41, 5.74) is 0.858. The molecule has 17 heavy (non-hydrogen) atoms. The fourth-order valence-corrected chi connectivity index (χ4v) is 2.87. The molecule has 0 spiro atoms. The second kappa shape index (κ2) is 4.87. The average molecular weight is 254 g/mol. The minimum atomic E-state index is -0.980. The van der Waals surface area contributed by atoms with E-state index >= 15 is 0 Å². The summed E-state index contributed by atoms with van der Waals surface area (Å²) >= 11 is 1.02. The van der Waals surface area contributed by atoms with Gasteiger partial charge in [0.05, 0.1) is 6.61 Å². The van der Waals surface area contributed by atoms with Gasteiger partial charge in [0.2, 0.25) is 0 Å². The van der Waals surface area contributed by atoms with E-state index in [0.29, 0.717) is 17.4 Å². The molecule has 1 heterocycles. The zero-order chi connectivity index (χ0) is 12.4. The first-order valence-corrected chi connectivity index (χ1v) is 6.49. The third kappa shape index (κ3) is 2.34. The van der Waals surface area contributed by atoms with E-state index in [1.165, 1.54) is 0 Å². The summed E-state index contributed by atoms with van der Waals surface area (Å²) in [5.74, 6) is -1.04. The minimum Gasteiger partial charge on any atom is -0.477 e. The lowest BCUT2D eigenvalue weighted by atomic mass is 9.80. The van der Waals surface area contributed by atoms with Crippen molar-refractivity contribution >= 4 is 23.3 Å². The van der Waals surface area contributed by atoms with Gasteiger partial charge < -0.3 is 9.84 Å². The standard InChI is InChI=1S/C12H14O4S/c1-2-16-12(15)10-8(7-4-3-5-7)6-9(17-10)11(13)14/h6-7H,2-5H2,1H3,(H,13,14). The predicted octanol–water partition coefficient (Wildman–Crippen LogP) is 2.89. The molecular weight excluding hydrogens is 240 g/mol. The van der Waals surface area contributed by atoms with Gasteiger partial charge in [-0.3, -0.25) is 0 Å². The van der Waals surface area contributed by atoms with Crippen molar-refractivity contribution in [3.8, 4) is 0 Å². The minimum absolute atomic E-state index is 0.218. The maximum atomic E-state index is 11.7. The summed E-state index contributed by atoms with van der Waals surface area (Å²) in [6.45, 7) is 2.05. The molecule has 0 aliphatic heterocycles. The quantitative estimate of drug-likeness (QED) is 0.839. The fraction of sp³-hybridized carbons (Fsp3) is 0.500. The van der Waals surface area contributed by atoms with Gasteiger partial charge in [0.1, 0.15) is 9.75 Å². The lowest BCUT2D eigenvalue weighted by Crippen LogP contribution is -2.13. The van der Waals surface area contributed by atoms with Crippen LogP contribution in [-0.2, 0) is 4.74 Å². The number of esters is 1. The van der Waals surface area contributed by atoms with Crippen molar-refractivity contribution in [2.45, 2.75) is 32.1 Å². The van der Waals surface area contributed by atoms with Crippen LogP contribution in [0.5, 0.6) is 0 Å². The van der Waals surface area contributed by atoms with Crippen molar-refractivity contribution < 1.29 is 19.4 Å². The monoisotopic (exact) mass is 254 g/mol. The number of carbonyl (C=O) groups is 2. The van der Waals surface area contributed by atoms with Crippen LogP contribution >= 0.6 is 11.3 Å². The third-order valence-electron chi connectivity index (χ3n) is 2.98. The van der Waals surface area contributed by atoms with Crippen LogP contribution in [0.15, 0.2) is 6.07 Å². The van der Waals surface area contributed by atoms with Gasteiger partial charge in [0, 0.05) is 0 Å². The van der Waals surface area contributed by atoms with E-state index in [4.69, 9.17) is 9.84 Å². The SMILES string of the molecule is CCOC(=O)c1sc(C(=O)O)cc1C1CCC1. The molecular formula is C12H14O4S. The van der Waals surface area contributed by atoms with Crippen molar-refractivity contribution in [2.24, 2.45) is 0 Å². The van der Waals surface area contributed by atoms with E-state index in [1.807, 2.05) is 0 Å². The first-order chi connectivity index (χ1) is 8.13. The molecule has 0 unspecified atom stereocenters. The largest absolute Gasteiger partial charge is 0.477 e. The van der Waals surface area contributed by atoms with Crippen LogP contribution in [0.25, 0.3) is 0 Å². The Kier molecular flexibility index (Phi) is 3.47. The molecule has 1 fully saturated rings. The fourth-order valence-electron chi connectivity index (χ4n) is 1.89. The van der Waals surface area contributed by atoms with Crippen molar-refractivity contribution in [3.05, 3.63) is 21.4 Å². The molecule has 0 amide bonds. The van der Waals surface area contributed by atoms with E-state index in [-0.39, 0.29) is 4.88 Å². The van der Waals surface area contributed by atoms with Gasteiger partial charge >= 0.3 is 11.9 Å². The lowest BCUT2D eigenvalue weighted by Gasteiger charge is -2.25. The van der Waals surface area contributed by atoms with Gasteiger partial charge in [0.25, 0.3) is 0 Å².